The number of nitro benzene ring substituents is 1. The quantitative estimate of drug-likeness (QED) is 0.455. The highest BCUT2D eigenvalue weighted by atomic mass is 35.5. The zero-order chi connectivity index (χ0) is 21.0. The van der Waals surface area contributed by atoms with Crippen molar-refractivity contribution >= 4 is 23.0 Å². The topological polar surface area (TPSA) is 99.3 Å². The molecule has 8 nitrogen and oxygen atoms in total. The van der Waals surface area contributed by atoms with Crippen LogP contribution in [0.4, 0.5) is 11.4 Å². The van der Waals surface area contributed by atoms with Crippen LogP contribution in [-0.4, -0.2) is 21.3 Å². The van der Waals surface area contributed by atoms with Gasteiger partial charge < -0.3 is 10.1 Å². The Morgan fingerprint density at radius 3 is 2.66 bits per heavy atom. The molecule has 0 amide bonds. The molecule has 9 heteroatoms. The Bertz CT molecular complexity index is 1080. The van der Waals surface area contributed by atoms with Crippen LogP contribution in [0.1, 0.15) is 25.5 Å². The number of non-ortho nitro benzene ring substituents is 1. The van der Waals surface area contributed by atoms with Gasteiger partial charge in [-0.15, -0.1) is 0 Å². The van der Waals surface area contributed by atoms with Crippen molar-refractivity contribution in [3.63, 3.8) is 0 Å². The first-order valence-electron chi connectivity index (χ1n) is 8.92. The maximum absolute atomic E-state index is 12.6. The van der Waals surface area contributed by atoms with Crippen molar-refractivity contribution in [3.05, 3.63) is 85.8 Å². The molecule has 1 N–H and O–H groups in total. The third kappa shape index (κ3) is 4.55. The Hall–Kier alpha value is -3.39. The summed E-state index contributed by atoms with van der Waals surface area (Å²) in [5.74, 6) is 0.761. The highest BCUT2D eigenvalue weighted by Gasteiger charge is 2.15. The van der Waals surface area contributed by atoms with Crippen molar-refractivity contribution in [1.82, 2.24) is 9.78 Å². The monoisotopic (exact) mass is 414 g/mol. The van der Waals surface area contributed by atoms with E-state index in [1.165, 1.54) is 30.5 Å². The van der Waals surface area contributed by atoms with Crippen molar-refractivity contribution in [2.24, 2.45) is 0 Å². The first kappa shape index (κ1) is 20.3. The largest absolute Gasteiger partial charge is 0.494 e. The van der Waals surface area contributed by atoms with Crippen LogP contribution in [0.15, 0.2) is 59.5 Å². The Morgan fingerprint density at radius 1 is 1.28 bits per heavy atom. The van der Waals surface area contributed by atoms with Gasteiger partial charge in [0.15, 0.2) is 0 Å². The third-order valence-electron chi connectivity index (χ3n) is 4.27. The fourth-order valence-corrected chi connectivity index (χ4v) is 2.97. The van der Waals surface area contributed by atoms with E-state index in [0.717, 1.165) is 16.0 Å². The summed E-state index contributed by atoms with van der Waals surface area (Å²) in [5.41, 5.74) is 1.14. The van der Waals surface area contributed by atoms with Crippen molar-refractivity contribution in [2.45, 2.75) is 19.9 Å². The lowest BCUT2D eigenvalue weighted by Crippen LogP contribution is -2.23. The Morgan fingerprint density at radius 2 is 2.00 bits per heavy atom. The molecule has 0 fully saturated rings. The van der Waals surface area contributed by atoms with Gasteiger partial charge in [0.05, 0.1) is 29.1 Å². The zero-order valence-corrected chi connectivity index (χ0v) is 16.6. The van der Waals surface area contributed by atoms with E-state index in [1.54, 1.807) is 0 Å². The Kier molecular flexibility index (Phi) is 6.13. The van der Waals surface area contributed by atoms with Gasteiger partial charge in [-0.1, -0.05) is 23.7 Å². The van der Waals surface area contributed by atoms with Crippen molar-refractivity contribution < 1.29 is 9.66 Å². The number of ether oxygens (including phenoxy) is 1. The lowest BCUT2D eigenvalue weighted by Gasteiger charge is -2.17. The number of anilines is 1. The van der Waals surface area contributed by atoms with Gasteiger partial charge in [0.1, 0.15) is 10.8 Å². The Labute approximate surface area is 171 Å². The molecular formula is C20H19ClN4O4. The van der Waals surface area contributed by atoms with Crippen LogP contribution in [0.5, 0.6) is 5.75 Å². The molecule has 0 radical (unpaired) electrons. The smallest absolute Gasteiger partial charge is 0.292 e. The lowest BCUT2D eigenvalue weighted by atomic mass is 10.1. The summed E-state index contributed by atoms with van der Waals surface area (Å²) in [4.78, 5) is 22.9. The van der Waals surface area contributed by atoms with Crippen LogP contribution >= 0.6 is 11.6 Å². The first-order valence-corrected chi connectivity index (χ1v) is 9.30. The van der Waals surface area contributed by atoms with E-state index in [0.29, 0.717) is 18.0 Å². The van der Waals surface area contributed by atoms with Gasteiger partial charge in [-0.25, -0.2) is 0 Å². The van der Waals surface area contributed by atoms with Crippen molar-refractivity contribution in [3.8, 4) is 11.4 Å². The zero-order valence-electron chi connectivity index (χ0n) is 15.8. The summed E-state index contributed by atoms with van der Waals surface area (Å²) in [7, 11) is 0. The molecular weight excluding hydrogens is 396 g/mol. The summed E-state index contributed by atoms with van der Waals surface area (Å²) in [6.07, 6.45) is 1.45. The molecule has 3 aromatic rings. The number of rotatable bonds is 7. The number of benzene rings is 2. The number of nitro groups is 1. The molecule has 2 aromatic carbocycles. The summed E-state index contributed by atoms with van der Waals surface area (Å²) in [5, 5.41) is 18.1. The third-order valence-corrected chi connectivity index (χ3v) is 4.63. The van der Waals surface area contributed by atoms with Crippen LogP contribution < -0.4 is 15.6 Å². The summed E-state index contributed by atoms with van der Waals surface area (Å²) >= 11 is 6.27. The number of aromatic nitrogens is 2. The molecule has 3 rings (SSSR count). The van der Waals surface area contributed by atoms with Crippen LogP contribution in [0, 0.1) is 10.1 Å². The summed E-state index contributed by atoms with van der Waals surface area (Å²) < 4.78 is 6.61. The van der Waals surface area contributed by atoms with Crippen molar-refractivity contribution in [1.29, 1.82) is 0 Å². The molecule has 29 heavy (non-hydrogen) atoms. The van der Waals surface area contributed by atoms with E-state index in [9.17, 15) is 14.9 Å². The average molecular weight is 415 g/mol. The predicted octanol–water partition coefficient (Wildman–Crippen LogP) is 4.37. The lowest BCUT2D eigenvalue weighted by molar-refractivity contribution is -0.384. The van der Waals surface area contributed by atoms with Gasteiger partial charge in [0.25, 0.3) is 11.2 Å². The minimum Gasteiger partial charge on any atom is -0.494 e. The molecule has 1 atom stereocenters. The second-order valence-corrected chi connectivity index (χ2v) is 6.61. The van der Waals surface area contributed by atoms with Gasteiger partial charge in [-0.2, -0.15) is 9.78 Å². The van der Waals surface area contributed by atoms with E-state index < -0.39 is 10.5 Å². The van der Waals surface area contributed by atoms with Gasteiger partial charge in [0, 0.05) is 18.2 Å². The Balaban J connectivity index is 1.85. The average Bonchev–Trinajstić information content (AvgIpc) is 2.72. The molecule has 1 unspecified atom stereocenters. The van der Waals surface area contributed by atoms with E-state index in [-0.39, 0.29) is 16.8 Å². The highest BCUT2D eigenvalue weighted by Crippen LogP contribution is 2.25. The van der Waals surface area contributed by atoms with E-state index in [2.05, 4.69) is 10.4 Å². The fourth-order valence-electron chi connectivity index (χ4n) is 2.79. The molecule has 1 heterocycles. The van der Waals surface area contributed by atoms with Crippen LogP contribution in [0.2, 0.25) is 5.02 Å². The molecule has 1 aromatic heterocycles. The number of nitrogens with one attached hydrogen (secondary N) is 1. The maximum atomic E-state index is 12.6. The van der Waals surface area contributed by atoms with Crippen LogP contribution in [0.3, 0.4) is 0 Å². The van der Waals surface area contributed by atoms with Gasteiger partial charge in [-0.3, -0.25) is 14.9 Å². The fraction of sp³-hybridized carbons (Fsp3) is 0.200. The second kappa shape index (κ2) is 8.74. The first-order chi connectivity index (χ1) is 13.9. The van der Waals surface area contributed by atoms with E-state index in [1.807, 2.05) is 38.1 Å². The summed E-state index contributed by atoms with van der Waals surface area (Å²) in [6.45, 7) is 4.42. The van der Waals surface area contributed by atoms with Crippen molar-refractivity contribution in [2.75, 3.05) is 11.9 Å². The molecule has 0 spiro atoms. The van der Waals surface area contributed by atoms with E-state index >= 15 is 0 Å². The minimum absolute atomic E-state index is 0.0221. The standard InChI is InChI=1S/C20H19ClN4O4/c1-3-29-17-6-4-5-14(11-17)13(2)23-18-12-22-24(20(26)19(18)21)15-7-9-16(10-8-15)25(27)28/h4-13,23H,3H2,1-2H3. The molecule has 0 aliphatic carbocycles. The normalized spacial score (nSPS) is 11.7. The highest BCUT2D eigenvalue weighted by molar-refractivity contribution is 6.33. The number of halogens is 1. The molecule has 0 bridgehead atoms. The van der Waals surface area contributed by atoms with Gasteiger partial charge in [-0.05, 0) is 43.7 Å². The minimum atomic E-state index is -0.527. The number of nitrogens with zero attached hydrogens (tertiary/aromatic N) is 3. The molecule has 0 saturated carbocycles. The van der Waals surface area contributed by atoms with Gasteiger partial charge in [0.2, 0.25) is 0 Å². The summed E-state index contributed by atoms with van der Waals surface area (Å²) in [6, 6.07) is 13.0. The second-order valence-electron chi connectivity index (χ2n) is 6.23. The maximum Gasteiger partial charge on any atom is 0.292 e. The SMILES string of the molecule is CCOc1cccc(C(C)Nc2cnn(-c3ccc([N+](=O)[O-])cc3)c(=O)c2Cl)c1. The number of hydrogen-bond donors (Lipinski definition) is 1. The van der Waals surface area contributed by atoms with Crippen LogP contribution in [0.25, 0.3) is 5.69 Å². The number of hydrogen-bond acceptors (Lipinski definition) is 6. The molecule has 0 aliphatic heterocycles. The predicted molar refractivity (Wildman–Crippen MR) is 111 cm³/mol. The molecule has 0 saturated heterocycles. The molecule has 0 aliphatic rings. The molecule has 150 valence electrons. The van der Waals surface area contributed by atoms with E-state index in [4.69, 9.17) is 16.3 Å². The van der Waals surface area contributed by atoms with Crippen LogP contribution in [-0.2, 0) is 0 Å². The van der Waals surface area contributed by atoms with Gasteiger partial charge >= 0.3 is 0 Å².